The van der Waals surface area contributed by atoms with E-state index < -0.39 is 0 Å². The van der Waals surface area contributed by atoms with E-state index in [0.717, 1.165) is 30.7 Å². The fourth-order valence-electron chi connectivity index (χ4n) is 3.08. The van der Waals surface area contributed by atoms with Gasteiger partial charge < -0.3 is 0 Å². The molecule has 0 unspecified atom stereocenters. The molecule has 0 fully saturated rings. The van der Waals surface area contributed by atoms with E-state index in [4.69, 9.17) is 11.6 Å². The van der Waals surface area contributed by atoms with Gasteiger partial charge in [0.2, 0.25) is 0 Å². The number of nitrogens with zero attached hydrogens (tertiary/aromatic N) is 1. The van der Waals surface area contributed by atoms with Gasteiger partial charge in [0.1, 0.15) is 0 Å². The molecule has 0 saturated heterocycles. The maximum atomic E-state index is 12.4. The topological polar surface area (TPSA) is 41.5 Å². The van der Waals surface area contributed by atoms with Crippen molar-refractivity contribution >= 4 is 67.9 Å². The molecule has 0 aliphatic rings. The summed E-state index contributed by atoms with van der Waals surface area (Å²) < 4.78 is 0.936. The summed E-state index contributed by atoms with van der Waals surface area (Å²) in [6, 6.07) is 23.7. The molecule has 5 heteroatoms. The number of carbonyl (C=O) groups excluding carboxylic acids is 1. The number of carbonyl (C=O) groups is 1. The zero-order valence-corrected chi connectivity index (χ0v) is 17.0. The molecule has 0 atom stereocenters. The van der Waals surface area contributed by atoms with Crippen LogP contribution in [0.1, 0.15) is 15.9 Å². The Bertz CT molecular complexity index is 1150. The van der Waals surface area contributed by atoms with E-state index >= 15 is 0 Å². The molecule has 0 heterocycles. The first-order valence-electron chi connectivity index (χ1n) is 8.32. The second-order valence-corrected chi connectivity index (χ2v) is 7.71. The monoisotopic (exact) mass is 484 g/mol. The minimum Gasteiger partial charge on any atom is -0.267 e. The maximum absolute atomic E-state index is 12.4. The molecular weight excluding hydrogens is 471 g/mol. The average Bonchev–Trinajstić information content (AvgIpc) is 2.69. The average molecular weight is 485 g/mol. The van der Waals surface area contributed by atoms with Crippen LogP contribution >= 0.6 is 34.2 Å². The van der Waals surface area contributed by atoms with Crippen molar-refractivity contribution in [1.82, 2.24) is 5.43 Å². The third-order valence-electron chi connectivity index (χ3n) is 4.35. The standard InChI is InChI=1S/C22H14ClIN2O/c23-21-10-9-16(24)12-19(21)22(27)26-25-13-20-17-7-3-1-5-14(17)11-15-6-2-4-8-18(15)20/h1-13H,(H,26,27)/b25-13-. The van der Waals surface area contributed by atoms with E-state index in [-0.39, 0.29) is 5.91 Å². The highest BCUT2D eigenvalue weighted by Crippen LogP contribution is 2.27. The van der Waals surface area contributed by atoms with Crippen LogP contribution in [-0.4, -0.2) is 12.1 Å². The van der Waals surface area contributed by atoms with Gasteiger partial charge in [-0.05, 0) is 68.4 Å². The third-order valence-corrected chi connectivity index (χ3v) is 5.35. The van der Waals surface area contributed by atoms with Gasteiger partial charge in [-0.2, -0.15) is 5.10 Å². The van der Waals surface area contributed by atoms with Crippen LogP contribution in [0.15, 0.2) is 77.9 Å². The molecule has 3 nitrogen and oxygen atoms in total. The molecule has 0 aliphatic heterocycles. The Kier molecular flexibility index (Phi) is 5.09. The molecule has 0 aliphatic carbocycles. The number of rotatable bonds is 3. The van der Waals surface area contributed by atoms with Crippen LogP contribution in [0, 0.1) is 3.57 Å². The summed E-state index contributed by atoms with van der Waals surface area (Å²) in [5.74, 6) is -0.334. The van der Waals surface area contributed by atoms with Crippen molar-refractivity contribution in [2.75, 3.05) is 0 Å². The van der Waals surface area contributed by atoms with Crippen molar-refractivity contribution in [3.05, 3.63) is 92.5 Å². The first kappa shape index (κ1) is 17.9. The predicted molar refractivity (Wildman–Crippen MR) is 121 cm³/mol. The second kappa shape index (κ2) is 7.66. The van der Waals surface area contributed by atoms with Crippen LogP contribution in [0.2, 0.25) is 5.02 Å². The molecule has 0 radical (unpaired) electrons. The summed E-state index contributed by atoms with van der Waals surface area (Å²) in [5.41, 5.74) is 3.96. The summed E-state index contributed by atoms with van der Waals surface area (Å²) in [6.07, 6.45) is 1.70. The Labute approximate surface area is 175 Å². The molecule has 4 aromatic carbocycles. The molecular formula is C22H14ClIN2O. The van der Waals surface area contributed by atoms with Gasteiger partial charge in [-0.25, -0.2) is 5.43 Å². The van der Waals surface area contributed by atoms with E-state index in [1.165, 1.54) is 0 Å². The molecule has 1 amide bonds. The van der Waals surface area contributed by atoms with Gasteiger partial charge >= 0.3 is 0 Å². The Morgan fingerprint density at radius 3 is 2.22 bits per heavy atom. The highest BCUT2D eigenvalue weighted by Gasteiger charge is 2.10. The van der Waals surface area contributed by atoms with Crippen LogP contribution in [0.5, 0.6) is 0 Å². The largest absolute Gasteiger partial charge is 0.272 e. The summed E-state index contributed by atoms with van der Waals surface area (Å²) >= 11 is 8.27. The van der Waals surface area contributed by atoms with E-state index in [2.05, 4.69) is 63.4 Å². The fraction of sp³-hybridized carbons (Fsp3) is 0. The number of nitrogens with one attached hydrogen (secondary N) is 1. The lowest BCUT2D eigenvalue weighted by molar-refractivity contribution is 0.0955. The number of amides is 1. The molecule has 132 valence electrons. The van der Waals surface area contributed by atoms with Gasteiger partial charge in [0, 0.05) is 9.13 Å². The van der Waals surface area contributed by atoms with Crippen molar-refractivity contribution in [1.29, 1.82) is 0 Å². The molecule has 1 N–H and O–H groups in total. The smallest absolute Gasteiger partial charge is 0.267 e. The molecule has 4 rings (SSSR count). The van der Waals surface area contributed by atoms with Crippen LogP contribution in [-0.2, 0) is 0 Å². The summed E-state index contributed by atoms with van der Waals surface area (Å²) in [7, 11) is 0. The van der Waals surface area contributed by atoms with Crippen molar-refractivity contribution in [2.45, 2.75) is 0 Å². The minimum absolute atomic E-state index is 0.334. The highest BCUT2D eigenvalue weighted by atomic mass is 127. The molecule has 27 heavy (non-hydrogen) atoms. The highest BCUT2D eigenvalue weighted by molar-refractivity contribution is 14.1. The summed E-state index contributed by atoms with van der Waals surface area (Å²) in [4.78, 5) is 12.4. The first-order valence-corrected chi connectivity index (χ1v) is 9.78. The van der Waals surface area contributed by atoms with Crippen LogP contribution in [0.4, 0.5) is 0 Å². The number of benzene rings is 4. The number of hydrazone groups is 1. The van der Waals surface area contributed by atoms with Crippen molar-refractivity contribution in [2.24, 2.45) is 5.10 Å². The van der Waals surface area contributed by atoms with Gasteiger partial charge in [0.05, 0.1) is 16.8 Å². The number of hydrogen-bond donors (Lipinski definition) is 1. The van der Waals surface area contributed by atoms with Gasteiger partial charge in [-0.1, -0.05) is 60.1 Å². The maximum Gasteiger partial charge on any atom is 0.272 e. The van der Waals surface area contributed by atoms with Gasteiger partial charge in [0.15, 0.2) is 0 Å². The molecule has 0 saturated carbocycles. The Hall–Kier alpha value is -2.44. The van der Waals surface area contributed by atoms with Gasteiger partial charge in [-0.15, -0.1) is 0 Å². The minimum atomic E-state index is -0.334. The molecule has 0 spiro atoms. The van der Waals surface area contributed by atoms with E-state index in [1.807, 2.05) is 30.3 Å². The number of halogens is 2. The van der Waals surface area contributed by atoms with E-state index in [9.17, 15) is 4.79 Å². The number of fused-ring (bicyclic) bond motifs is 2. The van der Waals surface area contributed by atoms with E-state index in [1.54, 1.807) is 18.3 Å². The third kappa shape index (κ3) is 3.68. The second-order valence-electron chi connectivity index (χ2n) is 6.06. The Morgan fingerprint density at radius 1 is 0.926 bits per heavy atom. The van der Waals surface area contributed by atoms with Gasteiger partial charge in [-0.3, -0.25) is 4.79 Å². The summed E-state index contributed by atoms with van der Waals surface area (Å²) in [5, 5.41) is 9.03. The zero-order valence-electron chi connectivity index (χ0n) is 14.1. The van der Waals surface area contributed by atoms with Crippen LogP contribution < -0.4 is 5.43 Å². The molecule has 0 aromatic heterocycles. The lowest BCUT2D eigenvalue weighted by Crippen LogP contribution is -2.18. The quantitative estimate of drug-likeness (QED) is 0.164. The normalized spacial score (nSPS) is 11.3. The fourth-order valence-corrected chi connectivity index (χ4v) is 3.77. The molecule has 4 aromatic rings. The zero-order chi connectivity index (χ0) is 18.8. The van der Waals surface area contributed by atoms with E-state index in [0.29, 0.717) is 10.6 Å². The number of hydrogen-bond acceptors (Lipinski definition) is 2. The lowest BCUT2D eigenvalue weighted by atomic mass is 9.97. The molecule has 0 bridgehead atoms. The summed E-state index contributed by atoms with van der Waals surface area (Å²) in [6.45, 7) is 0. The van der Waals surface area contributed by atoms with Crippen molar-refractivity contribution in [3.8, 4) is 0 Å². The Morgan fingerprint density at radius 2 is 1.56 bits per heavy atom. The predicted octanol–water partition coefficient (Wildman–Crippen LogP) is 6.01. The Balaban J connectivity index is 1.72. The van der Waals surface area contributed by atoms with Crippen molar-refractivity contribution < 1.29 is 4.79 Å². The SMILES string of the molecule is O=C(N/N=C\c1c2ccccc2cc2ccccc12)c1cc(I)ccc1Cl. The van der Waals surface area contributed by atoms with Crippen LogP contribution in [0.25, 0.3) is 21.5 Å². The lowest BCUT2D eigenvalue weighted by Gasteiger charge is -2.08. The first-order chi connectivity index (χ1) is 13.1. The van der Waals surface area contributed by atoms with Gasteiger partial charge in [0.25, 0.3) is 5.91 Å². The van der Waals surface area contributed by atoms with Crippen LogP contribution in [0.3, 0.4) is 0 Å². The van der Waals surface area contributed by atoms with Crippen molar-refractivity contribution in [3.63, 3.8) is 0 Å².